The molecular formula is C23H33N3O3. The maximum Gasteiger partial charge on any atom is 0.276 e. The molecule has 1 saturated carbocycles. The molecule has 2 amide bonds. The number of likely N-dealkylation sites (tertiary alicyclic amines) is 2. The van der Waals surface area contributed by atoms with E-state index in [0.29, 0.717) is 17.5 Å². The zero-order valence-corrected chi connectivity index (χ0v) is 17.8. The Labute approximate surface area is 173 Å². The van der Waals surface area contributed by atoms with Crippen molar-refractivity contribution in [2.75, 3.05) is 26.2 Å². The molecule has 1 aromatic rings. The second kappa shape index (κ2) is 8.72. The Balaban J connectivity index is 1.29. The van der Waals surface area contributed by atoms with Crippen molar-refractivity contribution in [3.8, 4) is 0 Å². The van der Waals surface area contributed by atoms with Gasteiger partial charge in [-0.2, -0.15) is 0 Å². The van der Waals surface area contributed by atoms with E-state index in [4.69, 9.17) is 4.52 Å². The number of amides is 2. The minimum Gasteiger partial charge on any atom is -0.364 e. The molecule has 6 nitrogen and oxygen atoms in total. The molecule has 6 heteroatoms. The van der Waals surface area contributed by atoms with Crippen molar-refractivity contribution in [3.05, 3.63) is 28.7 Å². The van der Waals surface area contributed by atoms with Crippen LogP contribution in [0.2, 0.25) is 0 Å². The molecule has 3 aliphatic rings. The van der Waals surface area contributed by atoms with Crippen molar-refractivity contribution < 1.29 is 14.1 Å². The fourth-order valence-electron chi connectivity index (χ4n) is 5.13. The summed E-state index contributed by atoms with van der Waals surface area (Å²) in [6.07, 6.45) is 10.4. The van der Waals surface area contributed by atoms with Crippen molar-refractivity contribution >= 4 is 11.8 Å². The lowest BCUT2D eigenvalue weighted by Gasteiger charge is -2.36. The third-order valence-electron chi connectivity index (χ3n) is 7.31. The first-order valence-corrected chi connectivity index (χ1v) is 11.2. The van der Waals surface area contributed by atoms with E-state index in [1.54, 1.807) is 0 Å². The van der Waals surface area contributed by atoms with Crippen LogP contribution in [-0.2, 0) is 4.79 Å². The predicted octanol–water partition coefficient (Wildman–Crippen LogP) is 3.96. The Morgan fingerprint density at radius 1 is 0.966 bits per heavy atom. The number of aromatic nitrogens is 1. The highest BCUT2D eigenvalue weighted by Crippen LogP contribution is 2.34. The number of hydrogen-bond acceptors (Lipinski definition) is 4. The number of carbonyl (C=O) groups excluding carboxylic acids is 2. The van der Waals surface area contributed by atoms with E-state index in [9.17, 15) is 9.59 Å². The van der Waals surface area contributed by atoms with Crippen LogP contribution in [0, 0.1) is 18.8 Å². The van der Waals surface area contributed by atoms with Gasteiger partial charge in [0, 0.05) is 37.3 Å². The number of rotatable bonds is 3. The van der Waals surface area contributed by atoms with Gasteiger partial charge in [-0.05, 0) is 77.0 Å². The first kappa shape index (κ1) is 20.2. The summed E-state index contributed by atoms with van der Waals surface area (Å²) in [7, 11) is 0. The molecular weight excluding hydrogens is 366 g/mol. The van der Waals surface area contributed by atoms with E-state index >= 15 is 0 Å². The van der Waals surface area contributed by atoms with E-state index in [-0.39, 0.29) is 11.8 Å². The molecule has 1 aliphatic carbocycles. The van der Waals surface area contributed by atoms with Crippen molar-refractivity contribution in [1.82, 2.24) is 15.0 Å². The van der Waals surface area contributed by atoms with Gasteiger partial charge < -0.3 is 14.3 Å². The number of allylic oxidation sites excluding steroid dienone is 1. The van der Waals surface area contributed by atoms with Gasteiger partial charge in [-0.25, -0.2) is 0 Å². The van der Waals surface area contributed by atoms with Crippen LogP contribution in [0.15, 0.2) is 21.9 Å². The molecule has 4 rings (SSSR count). The van der Waals surface area contributed by atoms with Crippen LogP contribution in [0.4, 0.5) is 0 Å². The Morgan fingerprint density at radius 2 is 1.62 bits per heavy atom. The minimum absolute atomic E-state index is 0.00294. The van der Waals surface area contributed by atoms with Gasteiger partial charge in [0.15, 0.2) is 5.69 Å². The highest BCUT2D eigenvalue weighted by atomic mass is 16.5. The lowest BCUT2D eigenvalue weighted by atomic mass is 9.80. The first-order chi connectivity index (χ1) is 14.0. The van der Waals surface area contributed by atoms with E-state index in [1.165, 1.54) is 24.7 Å². The molecule has 3 fully saturated rings. The minimum atomic E-state index is -0.00294. The predicted molar refractivity (Wildman–Crippen MR) is 110 cm³/mol. The van der Waals surface area contributed by atoms with E-state index in [1.807, 2.05) is 18.7 Å². The topological polar surface area (TPSA) is 66.7 Å². The van der Waals surface area contributed by atoms with Gasteiger partial charge in [-0.15, -0.1) is 0 Å². The second-order valence-corrected chi connectivity index (χ2v) is 9.04. The summed E-state index contributed by atoms with van der Waals surface area (Å²) in [5, 5.41) is 3.88. The van der Waals surface area contributed by atoms with Crippen LogP contribution < -0.4 is 0 Å². The second-order valence-electron chi connectivity index (χ2n) is 9.04. The van der Waals surface area contributed by atoms with Crippen LogP contribution in [0.5, 0.6) is 0 Å². The zero-order valence-electron chi connectivity index (χ0n) is 17.8. The van der Waals surface area contributed by atoms with Crippen molar-refractivity contribution in [1.29, 1.82) is 0 Å². The van der Waals surface area contributed by atoms with E-state index in [0.717, 1.165) is 75.8 Å². The molecule has 0 aromatic carbocycles. The third kappa shape index (κ3) is 4.26. The van der Waals surface area contributed by atoms with Crippen molar-refractivity contribution in [2.24, 2.45) is 11.8 Å². The summed E-state index contributed by atoms with van der Waals surface area (Å²) < 4.78 is 4.94. The Bertz CT molecular complexity index is 783. The molecule has 29 heavy (non-hydrogen) atoms. The van der Waals surface area contributed by atoms with Gasteiger partial charge >= 0.3 is 0 Å². The fourth-order valence-corrected chi connectivity index (χ4v) is 5.13. The monoisotopic (exact) mass is 399 g/mol. The number of piperidine rings is 1. The number of aryl methyl sites for hydroxylation is 1. The average Bonchev–Trinajstić information content (AvgIpc) is 2.97. The standard InChI is InChI=1S/C23H33N3O3/c1-16-15-29-24-21(16)23(28)25-11-4-7-19(8-12-25)20-9-13-26(14-10-20)22(27)17(2)18-5-3-6-18/h15,19-20H,3-14H2,1-2H3. The molecule has 2 aliphatic heterocycles. The Kier molecular flexibility index (Phi) is 6.07. The third-order valence-corrected chi connectivity index (χ3v) is 7.31. The number of nitrogens with zero attached hydrogens (tertiary/aromatic N) is 3. The Hall–Kier alpha value is -2.11. The average molecular weight is 400 g/mol. The lowest BCUT2D eigenvalue weighted by Crippen LogP contribution is -2.41. The molecule has 0 bridgehead atoms. The summed E-state index contributed by atoms with van der Waals surface area (Å²) in [4.78, 5) is 29.5. The molecule has 3 heterocycles. The number of carbonyl (C=O) groups is 2. The van der Waals surface area contributed by atoms with Crippen LogP contribution in [0.25, 0.3) is 0 Å². The lowest BCUT2D eigenvalue weighted by molar-refractivity contribution is -0.128. The molecule has 0 radical (unpaired) electrons. The van der Waals surface area contributed by atoms with Gasteiger partial charge in [0.2, 0.25) is 5.91 Å². The highest BCUT2D eigenvalue weighted by Gasteiger charge is 2.32. The van der Waals surface area contributed by atoms with E-state index in [2.05, 4.69) is 10.1 Å². The van der Waals surface area contributed by atoms with Gasteiger partial charge in [-0.1, -0.05) is 10.7 Å². The summed E-state index contributed by atoms with van der Waals surface area (Å²) in [5.41, 5.74) is 3.63. The van der Waals surface area contributed by atoms with Crippen LogP contribution in [-0.4, -0.2) is 52.9 Å². The summed E-state index contributed by atoms with van der Waals surface area (Å²) in [5.74, 6) is 1.57. The SMILES string of the molecule is CC(C(=O)N1CCC(C2CCCN(C(=O)c3nocc3C)CC2)CC1)=C1CCC1. The maximum absolute atomic E-state index is 12.7. The largest absolute Gasteiger partial charge is 0.364 e. The normalized spacial score (nSPS) is 23.5. The molecule has 1 unspecified atom stereocenters. The Morgan fingerprint density at radius 3 is 2.21 bits per heavy atom. The molecule has 0 N–H and O–H groups in total. The van der Waals surface area contributed by atoms with Crippen LogP contribution in [0.1, 0.15) is 74.3 Å². The molecule has 0 spiro atoms. The molecule has 158 valence electrons. The van der Waals surface area contributed by atoms with Crippen LogP contribution in [0.3, 0.4) is 0 Å². The zero-order chi connectivity index (χ0) is 20.4. The maximum atomic E-state index is 12.7. The van der Waals surface area contributed by atoms with Crippen molar-refractivity contribution in [3.63, 3.8) is 0 Å². The van der Waals surface area contributed by atoms with Gasteiger partial charge in [0.1, 0.15) is 6.26 Å². The summed E-state index contributed by atoms with van der Waals surface area (Å²) >= 11 is 0. The highest BCUT2D eigenvalue weighted by molar-refractivity contribution is 5.94. The van der Waals surface area contributed by atoms with Crippen molar-refractivity contribution in [2.45, 2.75) is 65.2 Å². The van der Waals surface area contributed by atoms with E-state index < -0.39 is 0 Å². The number of hydrogen-bond donors (Lipinski definition) is 0. The van der Waals surface area contributed by atoms with Gasteiger partial charge in [0.25, 0.3) is 5.91 Å². The van der Waals surface area contributed by atoms with Crippen LogP contribution >= 0.6 is 0 Å². The molecule has 1 atom stereocenters. The summed E-state index contributed by atoms with van der Waals surface area (Å²) in [6, 6.07) is 0. The first-order valence-electron chi connectivity index (χ1n) is 11.2. The molecule has 1 aromatic heterocycles. The fraction of sp³-hybridized carbons (Fsp3) is 0.696. The van der Waals surface area contributed by atoms with Gasteiger partial charge in [0.05, 0.1) is 0 Å². The van der Waals surface area contributed by atoms with Gasteiger partial charge in [-0.3, -0.25) is 9.59 Å². The smallest absolute Gasteiger partial charge is 0.276 e. The molecule has 2 saturated heterocycles. The quantitative estimate of drug-likeness (QED) is 0.722. The summed E-state index contributed by atoms with van der Waals surface area (Å²) in [6.45, 7) is 7.22.